The first-order chi connectivity index (χ1) is 14.9. The summed E-state index contributed by atoms with van der Waals surface area (Å²) < 4.78 is 2.74. The summed E-state index contributed by atoms with van der Waals surface area (Å²) in [4.78, 5) is 26.5. The van der Waals surface area contributed by atoms with E-state index in [0.29, 0.717) is 12.8 Å². The number of nitriles is 1. The van der Waals surface area contributed by atoms with Crippen molar-refractivity contribution in [2.24, 2.45) is 11.7 Å². The first-order valence-electron chi connectivity index (χ1n) is 10.4. The van der Waals surface area contributed by atoms with Gasteiger partial charge in [0.1, 0.15) is 5.56 Å². The van der Waals surface area contributed by atoms with Gasteiger partial charge in [0.05, 0.1) is 18.0 Å². The van der Waals surface area contributed by atoms with E-state index in [0.717, 1.165) is 36.9 Å². The Bertz CT molecular complexity index is 1030. The maximum absolute atomic E-state index is 12.2. The zero-order valence-corrected chi connectivity index (χ0v) is 18.8. The van der Waals surface area contributed by atoms with Gasteiger partial charge < -0.3 is 11.1 Å². The van der Waals surface area contributed by atoms with Crippen molar-refractivity contribution >= 4 is 33.6 Å². The van der Waals surface area contributed by atoms with Gasteiger partial charge in [-0.15, -0.1) is 0 Å². The molecule has 0 bridgehead atoms. The molecule has 0 radical (unpaired) electrons. The number of amides is 2. The number of primary amides is 1. The van der Waals surface area contributed by atoms with Crippen LogP contribution in [0.3, 0.4) is 0 Å². The molecule has 0 spiro atoms. The lowest BCUT2D eigenvalue weighted by molar-refractivity contribution is -0.117. The van der Waals surface area contributed by atoms with E-state index >= 15 is 0 Å². The third-order valence-corrected chi connectivity index (χ3v) is 6.64. The quantitative estimate of drug-likeness (QED) is 0.626. The zero-order valence-electron chi connectivity index (χ0n) is 17.2. The van der Waals surface area contributed by atoms with Crippen molar-refractivity contribution < 1.29 is 9.59 Å². The lowest BCUT2D eigenvalue weighted by Gasteiger charge is -2.40. The van der Waals surface area contributed by atoms with Crippen LogP contribution in [0.4, 0.5) is 5.82 Å². The number of likely N-dealkylation sites (tertiary alicyclic amines) is 1. The smallest absolute Gasteiger partial charge is 0.254 e. The Morgan fingerprint density at radius 2 is 2.06 bits per heavy atom. The van der Waals surface area contributed by atoms with Crippen LogP contribution >= 0.6 is 15.9 Å². The van der Waals surface area contributed by atoms with E-state index in [1.54, 1.807) is 10.9 Å². The van der Waals surface area contributed by atoms with Crippen molar-refractivity contribution in [3.05, 3.63) is 46.1 Å². The molecule has 1 aromatic heterocycles. The molecule has 162 valence electrons. The minimum absolute atomic E-state index is 0.0137. The number of benzene rings is 1. The van der Waals surface area contributed by atoms with E-state index in [1.165, 1.54) is 5.56 Å². The second kappa shape index (κ2) is 8.81. The lowest BCUT2D eigenvalue weighted by atomic mass is 9.84. The molecule has 2 fully saturated rings. The first-order valence-corrected chi connectivity index (χ1v) is 11.2. The second-order valence-electron chi connectivity index (χ2n) is 8.43. The molecule has 0 unspecified atom stereocenters. The molecule has 1 aliphatic heterocycles. The highest BCUT2D eigenvalue weighted by Gasteiger charge is 2.39. The van der Waals surface area contributed by atoms with Crippen LogP contribution in [0.1, 0.15) is 48.0 Å². The van der Waals surface area contributed by atoms with Crippen molar-refractivity contribution in [2.75, 3.05) is 18.4 Å². The normalized spacial score (nSPS) is 18.3. The fraction of sp³-hybridized carbons (Fsp3) is 0.455. The Morgan fingerprint density at radius 1 is 1.32 bits per heavy atom. The van der Waals surface area contributed by atoms with Gasteiger partial charge in [-0.1, -0.05) is 28.1 Å². The summed E-state index contributed by atoms with van der Waals surface area (Å²) in [5, 5.41) is 16.8. The molecule has 2 aliphatic rings. The molecule has 1 saturated carbocycles. The van der Waals surface area contributed by atoms with E-state index in [1.807, 2.05) is 12.1 Å². The minimum atomic E-state index is -0.642. The van der Waals surface area contributed by atoms with Gasteiger partial charge in [0.2, 0.25) is 5.91 Å². The third kappa shape index (κ3) is 4.81. The zero-order chi connectivity index (χ0) is 22.0. The molecular weight excluding hydrogens is 460 g/mol. The number of carbonyl (C=O) groups is 2. The Kier molecular flexibility index (Phi) is 6.12. The second-order valence-corrected chi connectivity index (χ2v) is 9.34. The number of aromatic nitrogens is 2. The van der Waals surface area contributed by atoms with Crippen LogP contribution in [0.5, 0.6) is 0 Å². The maximum atomic E-state index is 12.2. The van der Waals surface area contributed by atoms with E-state index in [-0.39, 0.29) is 29.6 Å². The van der Waals surface area contributed by atoms with Crippen LogP contribution in [0.15, 0.2) is 34.9 Å². The summed E-state index contributed by atoms with van der Waals surface area (Å²) in [7, 11) is 0. The highest BCUT2D eigenvalue weighted by molar-refractivity contribution is 9.10. The summed E-state index contributed by atoms with van der Waals surface area (Å²) in [6.07, 6.45) is 4.99. The van der Waals surface area contributed by atoms with Crippen LogP contribution in [-0.2, 0) is 16.9 Å². The molecule has 2 amide bonds. The minimum Gasteiger partial charge on any atom is -0.365 e. The number of halogens is 1. The highest BCUT2D eigenvalue weighted by Crippen LogP contribution is 2.36. The Hall–Kier alpha value is -2.70. The Morgan fingerprint density at radius 3 is 2.68 bits per heavy atom. The molecule has 1 saturated heterocycles. The monoisotopic (exact) mass is 484 g/mol. The molecule has 8 nitrogen and oxygen atoms in total. The van der Waals surface area contributed by atoms with Gasteiger partial charge in [-0.05, 0) is 43.4 Å². The lowest BCUT2D eigenvalue weighted by Crippen LogP contribution is -2.46. The van der Waals surface area contributed by atoms with E-state index < -0.39 is 11.4 Å². The van der Waals surface area contributed by atoms with Gasteiger partial charge in [-0.3, -0.25) is 19.2 Å². The molecule has 31 heavy (non-hydrogen) atoms. The number of hydrogen-bond donors (Lipinski definition) is 2. The topological polar surface area (TPSA) is 117 Å². The number of nitrogens with one attached hydrogen (secondary N) is 1. The number of nitrogens with zero attached hydrogens (tertiary/aromatic N) is 4. The van der Waals surface area contributed by atoms with Crippen LogP contribution < -0.4 is 11.1 Å². The predicted molar refractivity (Wildman–Crippen MR) is 119 cm³/mol. The summed E-state index contributed by atoms with van der Waals surface area (Å²) in [5.41, 5.74) is 6.42. The third-order valence-electron chi connectivity index (χ3n) is 6.15. The van der Waals surface area contributed by atoms with Gasteiger partial charge in [0, 0.05) is 36.2 Å². The number of anilines is 1. The van der Waals surface area contributed by atoms with Crippen molar-refractivity contribution in [2.45, 2.75) is 44.2 Å². The fourth-order valence-corrected chi connectivity index (χ4v) is 4.56. The number of rotatable bonds is 7. The molecule has 0 atom stereocenters. The van der Waals surface area contributed by atoms with Gasteiger partial charge in [-0.2, -0.15) is 10.4 Å². The SMILES string of the molecule is N#CCC1(n2cc(C(N)=O)c(NC(=O)C3CC3)n2)CCN(Cc2cccc(Br)c2)CC1. The van der Waals surface area contributed by atoms with Crippen LogP contribution in [0.25, 0.3) is 0 Å². The largest absolute Gasteiger partial charge is 0.365 e. The van der Waals surface area contributed by atoms with E-state index in [2.05, 4.69) is 49.4 Å². The molecule has 2 aromatic rings. The molecule has 2 heterocycles. The average molecular weight is 485 g/mol. The number of piperidine rings is 1. The van der Waals surface area contributed by atoms with Crippen LogP contribution in [0.2, 0.25) is 0 Å². The fourth-order valence-electron chi connectivity index (χ4n) is 4.11. The van der Waals surface area contributed by atoms with Crippen molar-refractivity contribution in [3.63, 3.8) is 0 Å². The molecule has 4 rings (SSSR count). The van der Waals surface area contributed by atoms with Gasteiger partial charge in [0.15, 0.2) is 5.82 Å². The first kappa shape index (κ1) is 21.5. The molecule has 9 heteroatoms. The van der Waals surface area contributed by atoms with Crippen LogP contribution in [0, 0.1) is 17.2 Å². The Balaban J connectivity index is 1.52. The number of hydrogen-bond acceptors (Lipinski definition) is 5. The molecule has 1 aromatic carbocycles. The highest BCUT2D eigenvalue weighted by atomic mass is 79.9. The van der Waals surface area contributed by atoms with Crippen molar-refractivity contribution in [1.29, 1.82) is 5.26 Å². The molecule has 1 aliphatic carbocycles. The van der Waals surface area contributed by atoms with E-state index in [4.69, 9.17) is 5.73 Å². The van der Waals surface area contributed by atoms with Gasteiger partial charge >= 0.3 is 0 Å². The number of nitrogens with two attached hydrogens (primary N) is 1. The van der Waals surface area contributed by atoms with E-state index in [9.17, 15) is 14.9 Å². The summed E-state index contributed by atoms with van der Waals surface area (Å²) >= 11 is 3.51. The van der Waals surface area contributed by atoms with Gasteiger partial charge in [0.25, 0.3) is 5.91 Å². The maximum Gasteiger partial charge on any atom is 0.254 e. The number of carbonyl (C=O) groups excluding carboxylic acids is 2. The molecular formula is C22H25BrN6O2. The average Bonchev–Trinajstić information content (AvgIpc) is 3.50. The van der Waals surface area contributed by atoms with Gasteiger partial charge in [-0.25, -0.2) is 0 Å². The Labute approximate surface area is 189 Å². The molecule has 3 N–H and O–H groups in total. The summed E-state index contributed by atoms with van der Waals surface area (Å²) in [5.74, 6) is -0.596. The summed E-state index contributed by atoms with van der Waals surface area (Å²) in [6.45, 7) is 2.42. The standard InChI is InChI=1S/C22H25BrN6O2/c23-17-3-1-2-15(12-17)13-28-10-7-22(6-9-24,8-11-28)29-14-18(19(25)30)20(27-29)26-21(31)16-4-5-16/h1-3,12,14,16H,4-8,10-11,13H2,(H2,25,30)(H,26,27,31). The van der Waals surface area contributed by atoms with Crippen molar-refractivity contribution in [1.82, 2.24) is 14.7 Å². The predicted octanol–water partition coefficient (Wildman–Crippen LogP) is 3.00. The van der Waals surface area contributed by atoms with Crippen LogP contribution in [-0.4, -0.2) is 39.6 Å². The summed E-state index contributed by atoms with van der Waals surface area (Å²) in [6, 6.07) is 10.5. The van der Waals surface area contributed by atoms with Crippen molar-refractivity contribution in [3.8, 4) is 6.07 Å².